The first kappa shape index (κ1) is 12.0. The summed E-state index contributed by atoms with van der Waals surface area (Å²) in [6, 6.07) is 5.88. The number of hydrogen-bond acceptors (Lipinski definition) is 3. The third-order valence-electron chi connectivity index (χ3n) is 3.12. The maximum Gasteiger partial charge on any atom is 0.161 e. The largest absolute Gasteiger partial charge is 0.493 e. The van der Waals surface area contributed by atoms with Crippen molar-refractivity contribution >= 4 is 6.29 Å². The van der Waals surface area contributed by atoms with Gasteiger partial charge in [-0.25, -0.2) is 0 Å². The molecule has 0 heterocycles. The van der Waals surface area contributed by atoms with E-state index < -0.39 is 0 Å². The topological polar surface area (TPSA) is 35.5 Å². The molecule has 1 aromatic rings. The van der Waals surface area contributed by atoms with E-state index in [-0.39, 0.29) is 0 Å². The van der Waals surface area contributed by atoms with E-state index in [4.69, 9.17) is 9.47 Å². The zero-order valence-corrected chi connectivity index (χ0v) is 10.1. The number of rotatable bonds is 6. The first-order chi connectivity index (χ1) is 8.33. The van der Waals surface area contributed by atoms with E-state index in [2.05, 4.69) is 0 Å². The summed E-state index contributed by atoms with van der Waals surface area (Å²) in [4.78, 5) is 10.4. The van der Waals surface area contributed by atoms with Crippen LogP contribution in [-0.4, -0.2) is 19.5 Å². The van der Waals surface area contributed by atoms with E-state index in [1.54, 1.807) is 7.11 Å². The van der Waals surface area contributed by atoms with Gasteiger partial charge in [0, 0.05) is 6.42 Å². The van der Waals surface area contributed by atoms with Crippen LogP contribution in [0.4, 0.5) is 0 Å². The van der Waals surface area contributed by atoms with Crippen LogP contribution in [0, 0.1) is 0 Å². The van der Waals surface area contributed by atoms with Gasteiger partial charge in [0.2, 0.25) is 0 Å². The lowest BCUT2D eigenvalue weighted by Crippen LogP contribution is -2.24. The molecule has 0 atom stereocenters. The van der Waals surface area contributed by atoms with Crippen molar-refractivity contribution in [3.63, 3.8) is 0 Å². The van der Waals surface area contributed by atoms with E-state index in [0.29, 0.717) is 12.5 Å². The van der Waals surface area contributed by atoms with Gasteiger partial charge in [0.25, 0.3) is 0 Å². The van der Waals surface area contributed by atoms with E-state index in [1.807, 2.05) is 18.2 Å². The molecule has 0 aromatic heterocycles. The molecule has 1 aliphatic carbocycles. The summed E-state index contributed by atoms with van der Waals surface area (Å²) < 4.78 is 11.2. The van der Waals surface area contributed by atoms with E-state index >= 15 is 0 Å². The Balaban J connectivity index is 2.10. The van der Waals surface area contributed by atoms with Gasteiger partial charge in [-0.1, -0.05) is 6.07 Å². The van der Waals surface area contributed by atoms with Gasteiger partial charge < -0.3 is 14.3 Å². The molecule has 17 heavy (non-hydrogen) atoms. The van der Waals surface area contributed by atoms with E-state index in [1.165, 1.54) is 6.42 Å². The molecule has 0 radical (unpaired) electrons. The van der Waals surface area contributed by atoms with Crippen LogP contribution < -0.4 is 9.47 Å². The fraction of sp³-hybridized carbons (Fsp3) is 0.500. The molecule has 1 aromatic carbocycles. The van der Waals surface area contributed by atoms with Crippen molar-refractivity contribution in [2.45, 2.75) is 38.2 Å². The Bertz CT molecular complexity index is 383. The Labute approximate surface area is 102 Å². The lowest BCUT2D eigenvalue weighted by molar-refractivity contribution is -0.107. The molecule has 0 N–H and O–H groups in total. The second-order valence-electron chi connectivity index (χ2n) is 4.36. The average molecular weight is 234 g/mol. The summed E-state index contributed by atoms with van der Waals surface area (Å²) in [5.74, 6) is 1.58. The quantitative estimate of drug-likeness (QED) is 0.710. The van der Waals surface area contributed by atoms with E-state index in [0.717, 1.165) is 42.6 Å². The van der Waals surface area contributed by atoms with Crippen LogP contribution in [0.1, 0.15) is 31.2 Å². The average Bonchev–Trinajstić information content (AvgIpc) is 2.31. The molecule has 0 aliphatic heterocycles. The van der Waals surface area contributed by atoms with Crippen molar-refractivity contribution in [3.05, 3.63) is 23.8 Å². The van der Waals surface area contributed by atoms with Crippen molar-refractivity contribution in [2.75, 3.05) is 7.11 Å². The SMILES string of the molecule is COc1ccc(CCC=O)cc1OC1CCC1. The number of benzene rings is 1. The number of hydrogen-bond donors (Lipinski definition) is 0. The maximum atomic E-state index is 10.4. The molecule has 1 aliphatic rings. The molecule has 1 saturated carbocycles. The molecule has 0 amide bonds. The zero-order valence-electron chi connectivity index (χ0n) is 10.1. The molecular formula is C14H18O3. The second-order valence-corrected chi connectivity index (χ2v) is 4.36. The minimum absolute atomic E-state index is 0.338. The molecule has 3 nitrogen and oxygen atoms in total. The molecule has 3 heteroatoms. The number of carbonyl (C=O) groups is 1. The van der Waals surface area contributed by atoms with Gasteiger partial charge in [-0.3, -0.25) is 0 Å². The predicted octanol–water partition coefficient (Wildman–Crippen LogP) is 2.76. The minimum Gasteiger partial charge on any atom is -0.493 e. The van der Waals surface area contributed by atoms with Gasteiger partial charge in [-0.15, -0.1) is 0 Å². The Morgan fingerprint density at radius 1 is 1.35 bits per heavy atom. The Hall–Kier alpha value is -1.51. The van der Waals surface area contributed by atoms with Crippen LogP contribution in [0.15, 0.2) is 18.2 Å². The summed E-state index contributed by atoms with van der Waals surface area (Å²) >= 11 is 0. The second kappa shape index (κ2) is 5.71. The summed E-state index contributed by atoms with van der Waals surface area (Å²) in [5.41, 5.74) is 1.12. The lowest BCUT2D eigenvalue weighted by Gasteiger charge is -2.27. The molecule has 0 unspecified atom stereocenters. The highest BCUT2D eigenvalue weighted by Crippen LogP contribution is 2.33. The van der Waals surface area contributed by atoms with Gasteiger partial charge in [-0.05, 0) is 43.4 Å². The normalized spacial score (nSPS) is 15.1. The highest BCUT2D eigenvalue weighted by atomic mass is 16.5. The van der Waals surface area contributed by atoms with Crippen LogP contribution in [0.25, 0.3) is 0 Å². The molecule has 0 spiro atoms. The van der Waals surface area contributed by atoms with E-state index in [9.17, 15) is 4.79 Å². The number of carbonyl (C=O) groups excluding carboxylic acids is 1. The lowest BCUT2D eigenvalue weighted by atomic mass is 9.96. The van der Waals surface area contributed by atoms with Crippen LogP contribution in [0.5, 0.6) is 11.5 Å². The predicted molar refractivity (Wildman–Crippen MR) is 65.6 cm³/mol. The summed E-state index contributed by atoms with van der Waals surface area (Å²) in [5, 5.41) is 0. The molecule has 2 rings (SSSR count). The first-order valence-corrected chi connectivity index (χ1v) is 6.10. The smallest absolute Gasteiger partial charge is 0.161 e. The Morgan fingerprint density at radius 3 is 2.76 bits per heavy atom. The van der Waals surface area contributed by atoms with Crippen LogP contribution >= 0.6 is 0 Å². The van der Waals surface area contributed by atoms with Crippen molar-refractivity contribution in [1.29, 1.82) is 0 Å². The van der Waals surface area contributed by atoms with Crippen LogP contribution in [0.3, 0.4) is 0 Å². The molecular weight excluding hydrogens is 216 g/mol. The zero-order chi connectivity index (χ0) is 12.1. The maximum absolute atomic E-state index is 10.4. The number of methoxy groups -OCH3 is 1. The van der Waals surface area contributed by atoms with Crippen molar-refractivity contribution in [1.82, 2.24) is 0 Å². The fourth-order valence-electron chi connectivity index (χ4n) is 1.86. The van der Waals surface area contributed by atoms with Gasteiger partial charge in [0.05, 0.1) is 13.2 Å². The third kappa shape index (κ3) is 2.99. The van der Waals surface area contributed by atoms with Gasteiger partial charge in [0.1, 0.15) is 6.29 Å². The third-order valence-corrected chi connectivity index (χ3v) is 3.12. The number of aldehydes is 1. The highest BCUT2D eigenvalue weighted by Gasteiger charge is 2.20. The molecule has 0 bridgehead atoms. The minimum atomic E-state index is 0.338. The number of aryl methyl sites for hydroxylation is 1. The molecule has 92 valence electrons. The van der Waals surface area contributed by atoms with Gasteiger partial charge >= 0.3 is 0 Å². The summed E-state index contributed by atoms with van der Waals surface area (Å²) in [7, 11) is 1.65. The fourth-order valence-corrected chi connectivity index (χ4v) is 1.86. The Kier molecular flexibility index (Phi) is 4.02. The van der Waals surface area contributed by atoms with Crippen molar-refractivity contribution < 1.29 is 14.3 Å². The number of ether oxygens (including phenoxy) is 2. The molecule has 0 saturated heterocycles. The Morgan fingerprint density at radius 2 is 2.18 bits per heavy atom. The molecule has 1 fully saturated rings. The summed E-state index contributed by atoms with van der Waals surface area (Å²) in [6.45, 7) is 0. The van der Waals surface area contributed by atoms with Crippen LogP contribution in [-0.2, 0) is 11.2 Å². The van der Waals surface area contributed by atoms with Crippen LogP contribution in [0.2, 0.25) is 0 Å². The standard InChI is InChI=1S/C14H18O3/c1-16-13-8-7-11(4-3-9-15)10-14(13)17-12-5-2-6-12/h7-10,12H,2-6H2,1H3. The van der Waals surface area contributed by atoms with Gasteiger partial charge in [-0.2, -0.15) is 0 Å². The highest BCUT2D eigenvalue weighted by molar-refractivity contribution is 5.51. The summed E-state index contributed by atoms with van der Waals surface area (Å²) in [6.07, 6.45) is 6.09. The van der Waals surface area contributed by atoms with Crippen molar-refractivity contribution in [3.8, 4) is 11.5 Å². The van der Waals surface area contributed by atoms with Crippen molar-refractivity contribution in [2.24, 2.45) is 0 Å². The van der Waals surface area contributed by atoms with Gasteiger partial charge in [0.15, 0.2) is 11.5 Å². The monoisotopic (exact) mass is 234 g/mol. The first-order valence-electron chi connectivity index (χ1n) is 6.10.